The summed E-state index contributed by atoms with van der Waals surface area (Å²) < 4.78 is 9.79. The number of urea groups is 1. The summed E-state index contributed by atoms with van der Waals surface area (Å²) in [6.45, 7) is 6.59. The van der Waals surface area contributed by atoms with Crippen molar-refractivity contribution in [2.45, 2.75) is 39.8 Å². The van der Waals surface area contributed by atoms with Crippen molar-refractivity contribution in [3.8, 4) is 17.3 Å². The zero-order valence-corrected chi connectivity index (χ0v) is 23.3. The van der Waals surface area contributed by atoms with Crippen LogP contribution in [-0.4, -0.2) is 32.4 Å². The second-order valence-electron chi connectivity index (χ2n) is 10.2. The van der Waals surface area contributed by atoms with Gasteiger partial charge in [-0.3, -0.25) is 0 Å². The summed E-state index contributed by atoms with van der Waals surface area (Å²) in [5.41, 5.74) is 7.85. The minimum atomic E-state index is -0.327. The summed E-state index contributed by atoms with van der Waals surface area (Å²) >= 11 is 0. The van der Waals surface area contributed by atoms with Crippen molar-refractivity contribution in [3.05, 3.63) is 125 Å². The normalized spacial score (nSPS) is 14.3. The second kappa shape index (κ2) is 10.4. The van der Waals surface area contributed by atoms with E-state index < -0.39 is 0 Å². The molecular formula is C33H33N5O2. The van der Waals surface area contributed by atoms with E-state index in [-0.39, 0.29) is 12.1 Å². The minimum Gasteiger partial charge on any atom is -0.495 e. The lowest BCUT2D eigenvalue weighted by Crippen LogP contribution is -2.38. The second-order valence-corrected chi connectivity index (χ2v) is 10.2. The van der Waals surface area contributed by atoms with Gasteiger partial charge in [-0.05, 0) is 67.8 Å². The van der Waals surface area contributed by atoms with Crippen molar-refractivity contribution in [1.29, 1.82) is 0 Å². The van der Waals surface area contributed by atoms with Crippen LogP contribution in [0.4, 0.5) is 10.5 Å². The van der Waals surface area contributed by atoms with Crippen LogP contribution in [0, 0.1) is 13.8 Å². The van der Waals surface area contributed by atoms with Crippen LogP contribution < -0.4 is 10.1 Å². The van der Waals surface area contributed by atoms with E-state index in [1.165, 1.54) is 0 Å². The number of fused-ring (bicyclic) bond motifs is 3. The molecule has 2 aromatic heterocycles. The molecule has 3 heterocycles. The van der Waals surface area contributed by atoms with Gasteiger partial charge in [0, 0.05) is 11.8 Å². The van der Waals surface area contributed by atoms with Crippen molar-refractivity contribution in [2.24, 2.45) is 0 Å². The lowest BCUT2D eigenvalue weighted by atomic mass is 10.00. The molecule has 2 amide bonds. The molecule has 202 valence electrons. The van der Waals surface area contributed by atoms with E-state index in [0.717, 1.165) is 51.6 Å². The summed E-state index contributed by atoms with van der Waals surface area (Å²) in [6, 6.07) is 28.0. The maximum Gasteiger partial charge on any atom is 0.323 e. The number of para-hydroxylation sites is 1. The van der Waals surface area contributed by atoms with Gasteiger partial charge in [0.2, 0.25) is 0 Å². The Labute approximate surface area is 234 Å². The molecule has 3 aromatic carbocycles. The van der Waals surface area contributed by atoms with E-state index in [1.807, 2.05) is 59.0 Å². The standard InChI is InChI=1S/C33H33N5O2/c1-5-27-26-21-37(33(39)34-28-20-23(3)16-17-30(28)40-4)31(24-12-9-11-22(2)19-24)29-15-10-18-36(29)32(26)38(35-27)25-13-7-6-8-14-25/h6-20,31H,5,21H2,1-4H3,(H,34,39). The fourth-order valence-corrected chi connectivity index (χ4v) is 5.65. The summed E-state index contributed by atoms with van der Waals surface area (Å²) in [6.07, 6.45) is 2.82. The predicted octanol–water partition coefficient (Wildman–Crippen LogP) is 6.99. The lowest BCUT2D eigenvalue weighted by molar-refractivity contribution is 0.194. The van der Waals surface area contributed by atoms with Gasteiger partial charge in [0.25, 0.3) is 0 Å². The molecule has 0 aliphatic carbocycles. The number of hydrogen-bond donors (Lipinski definition) is 1. The van der Waals surface area contributed by atoms with Gasteiger partial charge in [-0.15, -0.1) is 0 Å². The van der Waals surface area contributed by atoms with E-state index in [9.17, 15) is 4.79 Å². The highest BCUT2D eigenvalue weighted by molar-refractivity contribution is 5.92. The third kappa shape index (κ3) is 4.43. The van der Waals surface area contributed by atoms with E-state index >= 15 is 0 Å². The number of aryl methyl sites for hydroxylation is 3. The van der Waals surface area contributed by atoms with E-state index in [1.54, 1.807) is 7.11 Å². The fraction of sp³-hybridized carbons (Fsp3) is 0.212. The highest BCUT2D eigenvalue weighted by atomic mass is 16.5. The number of ether oxygens (including phenoxy) is 1. The molecule has 1 aliphatic rings. The smallest absolute Gasteiger partial charge is 0.323 e. The van der Waals surface area contributed by atoms with Gasteiger partial charge < -0.3 is 19.5 Å². The molecular weight excluding hydrogens is 498 g/mol. The Morgan fingerprint density at radius 2 is 1.77 bits per heavy atom. The van der Waals surface area contributed by atoms with Crippen molar-refractivity contribution in [1.82, 2.24) is 19.2 Å². The topological polar surface area (TPSA) is 64.3 Å². The minimum absolute atomic E-state index is 0.203. The number of methoxy groups -OCH3 is 1. The number of rotatable bonds is 5. The maximum atomic E-state index is 14.3. The van der Waals surface area contributed by atoms with Crippen LogP contribution in [0.3, 0.4) is 0 Å². The van der Waals surface area contributed by atoms with Crippen molar-refractivity contribution < 1.29 is 9.53 Å². The first kappa shape index (κ1) is 25.5. The van der Waals surface area contributed by atoms with Crippen molar-refractivity contribution >= 4 is 11.7 Å². The van der Waals surface area contributed by atoms with E-state index in [2.05, 4.69) is 72.4 Å². The van der Waals surface area contributed by atoms with Gasteiger partial charge >= 0.3 is 6.03 Å². The largest absolute Gasteiger partial charge is 0.495 e. The number of anilines is 1. The van der Waals surface area contributed by atoms with Gasteiger partial charge in [-0.1, -0.05) is 61.0 Å². The van der Waals surface area contributed by atoms with Crippen LogP contribution in [0.25, 0.3) is 11.5 Å². The molecule has 1 N–H and O–H groups in total. The van der Waals surface area contributed by atoms with Crippen LogP contribution in [0.2, 0.25) is 0 Å². The molecule has 0 fully saturated rings. The number of amides is 2. The molecule has 0 saturated carbocycles. The fourth-order valence-electron chi connectivity index (χ4n) is 5.65. The van der Waals surface area contributed by atoms with Crippen LogP contribution >= 0.6 is 0 Å². The van der Waals surface area contributed by atoms with E-state index in [4.69, 9.17) is 9.84 Å². The van der Waals surface area contributed by atoms with Gasteiger partial charge in [0.1, 0.15) is 11.6 Å². The Bertz CT molecular complexity index is 1680. The van der Waals surface area contributed by atoms with E-state index in [0.29, 0.717) is 18.0 Å². The van der Waals surface area contributed by atoms with Crippen LogP contribution in [0.1, 0.15) is 46.6 Å². The number of nitrogens with one attached hydrogen (secondary N) is 1. The summed E-state index contributed by atoms with van der Waals surface area (Å²) in [4.78, 5) is 16.2. The number of benzene rings is 3. The molecule has 7 heteroatoms. The number of hydrogen-bond acceptors (Lipinski definition) is 3. The highest BCUT2D eigenvalue weighted by Crippen LogP contribution is 2.39. The first-order valence-electron chi connectivity index (χ1n) is 13.6. The van der Waals surface area contributed by atoms with Crippen LogP contribution in [0.15, 0.2) is 91.1 Å². The van der Waals surface area contributed by atoms with Crippen LogP contribution in [0.5, 0.6) is 5.75 Å². The van der Waals surface area contributed by atoms with Gasteiger partial charge in [0.05, 0.1) is 42.5 Å². The molecule has 0 spiro atoms. The summed E-state index contributed by atoms with van der Waals surface area (Å²) in [7, 11) is 1.62. The Hall–Kier alpha value is -4.78. The monoisotopic (exact) mass is 531 g/mol. The van der Waals surface area contributed by atoms with Gasteiger partial charge in [0.15, 0.2) is 0 Å². The number of nitrogens with zero attached hydrogens (tertiary/aromatic N) is 4. The average Bonchev–Trinajstić information content (AvgIpc) is 3.54. The molecule has 40 heavy (non-hydrogen) atoms. The zero-order valence-electron chi connectivity index (χ0n) is 23.3. The third-order valence-electron chi connectivity index (χ3n) is 7.52. The number of aromatic nitrogens is 3. The molecule has 0 bridgehead atoms. The Morgan fingerprint density at radius 1 is 0.975 bits per heavy atom. The maximum absolute atomic E-state index is 14.3. The summed E-state index contributed by atoms with van der Waals surface area (Å²) in [5.74, 6) is 1.58. The number of carbonyl (C=O) groups is 1. The molecule has 1 aliphatic heterocycles. The molecule has 1 atom stereocenters. The zero-order chi connectivity index (χ0) is 27.8. The van der Waals surface area contributed by atoms with Gasteiger partial charge in [-0.25, -0.2) is 9.48 Å². The molecule has 0 radical (unpaired) electrons. The molecule has 1 unspecified atom stereocenters. The third-order valence-corrected chi connectivity index (χ3v) is 7.52. The Kier molecular flexibility index (Phi) is 6.64. The van der Waals surface area contributed by atoms with Gasteiger partial charge in [-0.2, -0.15) is 5.10 Å². The molecule has 0 saturated heterocycles. The molecule has 6 rings (SSSR count). The first-order chi connectivity index (χ1) is 19.5. The Balaban J connectivity index is 1.55. The number of carbonyl (C=O) groups excluding carboxylic acids is 1. The Morgan fingerprint density at radius 3 is 2.52 bits per heavy atom. The van der Waals surface area contributed by atoms with Crippen LogP contribution in [-0.2, 0) is 13.0 Å². The van der Waals surface area contributed by atoms with Crippen molar-refractivity contribution in [3.63, 3.8) is 0 Å². The molecule has 7 nitrogen and oxygen atoms in total. The predicted molar refractivity (Wildman–Crippen MR) is 158 cm³/mol. The quantitative estimate of drug-likeness (QED) is 0.266. The SMILES string of the molecule is CCc1nn(-c2ccccc2)c2c1CN(C(=O)Nc1cc(C)ccc1OC)C(c1cccc(C)c1)c1cccn1-2. The first-order valence-corrected chi connectivity index (χ1v) is 13.6. The molecule has 5 aromatic rings. The lowest BCUT2D eigenvalue weighted by Gasteiger charge is -2.31. The summed E-state index contributed by atoms with van der Waals surface area (Å²) in [5, 5.41) is 8.22. The van der Waals surface area contributed by atoms with Crippen molar-refractivity contribution in [2.75, 3.05) is 12.4 Å². The average molecular weight is 532 g/mol. The highest BCUT2D eigenvalue weighted by Gasteiger charge is 2.36.